The second-order valence-electron chi connectivity index (χ2n) is 3.87. The smallest absolute Gasteiger partial charge is 0.339 e. The number of esters is 1. The molecule has 0 radical (unpaired) electrons. The van der Waals surface area contributed by atoms with E-state index < -0.39 is 0 Å². The normalized spacial score (nSPS) is 14.0. The molecular formula is C12H15NO2. The van der Waals surface area contributed by atoms with Crippen LogP contribution in [0.15, 0.2) is 12.1 Å². The molecule has 0 aromatic heterocycles. The summed E-state index contributed by atoms with van der Waals surface area (Å²) in [5.74, 6) is -0.260. The Kier molecular flexibility index (Phi) is 2.62. The number of carbonyl (C=O) groups is 1. The van der Waals surface area contributed by atoms with Gasteiger partial charge in [-0.3, -0.25) is 0 Å². The zero-order valence-electron chi connectivity index (χ0n) is 9.09. The molecule has 1 heterocycles. The third kappa shape index (κ3) is 1.82. The van der Waals surface area contributed by atoms with Crippen molar-refractivity contribution in [1.82, 2.24) is 0 Å². The Labute approximate surface area is 89.4 Å². The lowest BCUT2D eigenvalue weighted by Gasteiger charge is -2.21. The number of fused-ring (bicyclic) bond motifs is 1. The fourth-order valence-corrected chi connectivity index (χ4v) is 2.03. The van der Waals surface area contributed by atoms with Gasteiger partial charge in [0.25, 0.3) is 0 Å². The van der Waals surface area contributed by atoms with E-state index in [9.17, 15) is 4.79 Å². The average molecular weight is 205 g/mol. The number of aryl methyl sites for hydroxylation is 2. The van der Waals surface area contributed by atoms with Crippen LogP contribution in [0.4, 0.5) is 5.69 Å². The van der Waals surface area contributed by atoms with Gasteiger partial charge in [0.2, 0.25) is 0 Å². The third-order valence-corrected chi connectivity index (χ3v) is 2.69. The van der Waals surface area contributed by atoms with Crippen molar-refractivity contribution in [1.29, 1.82) is 0 Å². The minimum atomic E-state index is -0.260. The summed E-state index contributed by atoms with van der Waals surface area (Å²) >= 11 is 0. The van der Waals surface area contributed by atoms with Crippen LogP contribution < -0.4 is 5.32 Å². The molecule has 1 aromatic carbocycles. The number of rotatable bonds is 1. The Balaban J connectivity index is 2.52. The van der Waals surface area contributed by atoms with Gasteiger partial charge in [-0.2, -0.15) is 0 Å². The van der Waals surface area contributed by atoms with Crippen molar-refractivity contribution in [2.24, 2.45) is 0 Å². The molecule has 0 bridgehead atoms. The van der Waals surface area contributed by atoms with Crippen molar-refractivity contribution < 1.29 is 9.53 Å². The Morgan fingerprint density at radius 2 is 2.27 bits per heavy atom. The van der Waals surface area contributed by atoms with E-state index in [0.29, 0.717) is 5.56 Å². The van der Waals surface area contributed by atoms with Gasteiger partial charge in [-0.25, -0.2) is 4.79 Å². The highest BCUT2D eigenvalue weighted by Crippen LogP contribution is 2.28. The summed E-state index contributed by atoms with van der Waals surface area (Å²) in [6, 6.07) is 4.01. The maximum atomic E-state index is 11.6. The van der Waals surface area contributed by atoms with Gasteiger partial charge in [0.15, 0.2) is 0 Å². The fraction of sp³-hybridized carbons (Fsp3) is 0.417. The molecule has 1 aliphatic rings. The number of benzene rings is 1. The van der Waals surface area contributed by atoms with Gasteiger partial charge in [0.05, 0.1) is 18.4 Å². The summed E-state index contributed by atoms with van der Waals surface area (Å²) in [6.45, 7) is 2.93. The van der Waals surface area contributed by atoms with E-state index in [2.05, 4.69) is 11.4 Å². The van der Waals surface area contributed by atoms with Crippen LogP contribution in [0, 0.1) is 6.92 Å². The summed E-state index contributed by atoms with van der Waals surface area (Å²) < 4.78 is 4.78. The molecule has 0 saturated carbocycles. The number of ether oxygens (including phenoxy) is 1. The molecule has 1 aliphatic heterocycles. The second kappa shape index (κ2) is 3.93. The summed E-state index contributed by atoms with van der Waals surface area (Å²) in [7, 11) is 1.42. The number of carbonyl (C=O) groups excluding carboxylic acids is 1. The van der Waals surface area contributed by atoms with Gasteiger partial charge in [0, 0.05) is 6.54 Å². The molecule has 0 spiro atoms. The summed E-state index contributed by atoms with van der Waals surface area (Å²) in [4.78, 5) is 11.6. The lowest BCUT2D eigenvalue weighted by Crippen LogP contribution is -2.16. The van der Waals surface area contributed by atoms with E-state index in [-0.39, 0.29) is 5.97 Å². The molecule has 0 unspecified atom stereocenters. The first-order valence-corrected chi connectivity index (χ1v) is 5.18. The van der Waals surface area contributed by atoms with Gasteiger partial charge < -0.3 is 10.1 Å². The van der Waals surface area contributed by atoms with Gasteiger partial charge in [0.1, 0.15) is 0 Å². The van der Waals surface area contributed by atoms with E-state index in [1.165, 1.54) is 12.7 Å². The first-order chi connectivity index (χ1) is 7.22. The molecule has 1 aromatic rings. The SMILES string of the molecule is COC(=O)c1cc(C)cc2c1NCCC2. The number of hydrogen-bond donors (Lipinski definition) is 1. The predicted molar refractivity (Wildman–Crippen MR) is 59.3 cm³/mol. The number of hydrogen-bond acceptors (Lipinski definition) is 3. The van der Waals surface area contributed by atoms with E-state index in [1.54, 1.807) is 0 Å². The molecule has 3 heteroatoms. The minimum absolute atomic E-state index is 0.260. The first-order valence-electron chi connectivity index (χ1n) is 5.18. The van der Waals surface area contributed by atoms with Crippen molar-refractivity contribution in [2.45, 2.75) is 19.8 Å². The Morgan fingerprint density at radius 3 is 3.00 bits per heavy atom. The van der Waals surface area contributed by atoms with E-state index in [0.717, 1.165) is 30.6 Å². The van der Waals surface area contributed by atoms with Crippen LogP contribution in [0.3, 0.4) is 0 Å². The maximum Gasteiger partial charge on any atom is 0.339 e. The minimum Gasteiger partial charge on any atom is -0.465 e. The lowest BCUT2D eigenvalue weighted by atomic mass is 9.97. The molecule has 0 atom stereocenters. The number of methoxy groups -OCH3 is 1. The zero-order valence-corrected chi connectivity index (χ0v) is 9.09. The van der Waals surface area contributed by atoms with Crippen LogP contribution in [0.5, 0.6) is 0 Å². The van der Waals surface area contributed by atoms with Gasteiger partial charge in [-0.05, 0) is 37.0 Å². The summed E-state index contributed by atoms with van der Waals surface area (Å²) in [5.41, 5.74) is 3.95. The fourth-order valence-electron chi connectivity index (χ4n) is 2.03. The number of anilines is 1. The maximum absolute atomic E-state index is 11.6. The molecule has 2 rings (SSSR count). The Bertz CT molecular complexity index is 399. The average Bonchev–Trinajstić information content (AvgIpc) is 2.26. The van der Waals surface area contributed by atoms with Crippen molar-refractivity contribution in [3.05, 3.63) is 28.8 Å². The quantitative estimate of drug-likeness (QED) is 0.714. The van der Waals surface area contributed by atoms with Crippen molar-refractivity contribution in [2.75, 3.05) is 19.0 Å². The molecule has 0 saturated heterocycles. The largest absolute Gasteiger partial charge is 0.465 e. The molecule has 0 amide bonds. The predicted octanol–water partition coefficient (Wildman–Crippen LogP) is 2.14. The first kappa shape index (κ1) is 10.0. The van der Waals surface area contributed by atoms with E-state index in [4.69, 9.17) is 4.74 Å². The topological polar surface area (TPSA) is 38.3 Å². The molecule has 1 N–H and O–H groups in total. The molecule has 0 fully saturated rings. The van der Waals surface area contributed by atoms with Crippen LogP contribution in [-0.2, 0) is 11.2 Å². The highest BCUT2D eigenvalue weighted by atomic mass is 16.5. The zero-order chi connectivity index (χ0) is 10.8. The highest BCUT2D eigenvalue weighted by Gasteiger charge is 2.18. The Hall–Kier alpha value is -1.51. The summed E-state index contributed by atoms with van der Waals surface area (Å²) in [6.07, 6.45) is 2.16. The van der Waals surface area contributed by atoms with E-state index >= 15 is 0 Å². The summed E-state index contributed by atoms with van der Waals surface area (Å²) in [5, 5.41) is 3.27. The van der Waals surface area contributed by atoms with Gasteiger partial charge >= 0.3 is 5.97 Å². The lowest BCUT2D eigenvalue weighted by molar-refractivity contribution is 0.0601. The second-order valence-corrected chi connectivity index (χ2v) is 3.87. The van der Waals surface area contributed by atoms with Crippen molar-refractivity contribution >= 4 is 11.7 Å². The van der Waals surface area contributed by atoms with Crippen molar-refractivity contribution in [3.8, 4) is 0 Å². The van der Waals surface area contributed by atoms with Gasteiger partial charge in [-0.1, -0.05) is 6.07 Å². The molecule has 3 nitrogen and oxygen atoms in total. The van der Waals surface area contributed by atoms with Gasteiger partial charge in [-0.15, -0.1) is 0 Å². The van der Waals surface area contributed by atoms with Crippen LogP contribution in [-0.4, -0.2) is 19.6 Å². The highest BCUT2D eigenvalue weighted by molar-refractivity contribution is 5.96. The Morgan fingerprint density at radius 1 is 1.47 bits per heavy atom. The van der Waals surface area contributed by atoms with Crippen molar-refractivity contribution in [3.63, 3.8) is 0 Å². The van der Waals surface area contributed by atoms with E-state index in [1.807, 2.05) is 13.0 Å². The molecule has 80 valence electrons. The number of nitrogens with one attached hydrogen (secondary N) is 1. The van der Waals surface area contributed by atoms with Crippen LogP contribution in [0.25, 0.3) is 0 Å². The monoisotopic (exact) mass is 205 g/mol. The van der Waals surface area contributed by atoms with Crippen LogP contribution >= 0.6 is 0 Å². The van der Waals surface area contributed by atoms with Crippen LogP contribution in [0.1, 0.15) is 27.9 Å². The molecule has 15 heavy (non-hydrogen) atoms. The van der Waals surface area contributed by atoms with Crippen LogP contribution in [0.2, 0.25) is 0 Å². The molecule has 0 aliphatic carbocycles. The molecular weight excluding hydrogens is 190 g/mol. The standard InChI is InChI=1S/C12H15NO2/c1-8-6-9-4-3-5-13-11(9)10(7-8)12(14)15-2/h6-7,13H,3-5H2,1-2H3. The third-order valence-electron chi connectivity index (χ3n) is 2.69.